The number of benzene rings is 1. The smallest absolute Gasteiger partial charge is 0.250 e. The van der Waals surface area contributed by atoms with Gasteiger partial charge in [-0.1, -0.05) is 18.2 Å². The Balaban J connectivity index is 2.25. The third kappa shape index (κ3) is 3.19. The summed E-state index contributed by atoms with van der Waals surface area (Å²) in [5, 5.41) is 0. The van der Waals surface area contributed by atoms with Crippen molar-refractivity contribution >= 4 is 15.9 Å². The van der Waals surface area contributed by atoms with Gasteiger partial charge in [-0.25, -0.2) is 13.1 Å². The van der Waals surface area contributed by atoms with Crippen molar-refractivity contribution in [3.05, 3.63) is 59.9 Å². The van der Waals surface area contributed by atoms with Crippen LogP contribution in [-0.2, 0) is 16.6 Å². The van der Waals surface area contributed by atoms with Crippen LogP contribution < -0.4 is 10.5 Å². The minimum Gasteiger partial charge on any atom is -0.366 e. The van der Waals surface area contributed by atoms with Crippen molar-refractivity contribution in [3.63, 3.8) is 0 Å². The molecule has 2 rings (SSSR count). The number of nitrogens with two attached hydrogens (primary N) is 1. The largest absolute Gasteiger partial charge is 0.366 e. The minimum absolute atomic E-state index is 0.0359. The molecule has 0 aliphatic heterocycles. The van der Waals surface area contributed by atoms with Gasteiger partial charge in [0.1, 0.15) is 0 Å². The lowest BCUT2D eigenvalue weighted by Crippen LogP contribution is -2.26. The van der Waals surface area contributed by atoms with Gasteiger partial charge in [-0.2, -0.15) is 0 Å². The molecule has 1 aromatic carbocycles. The molecule has 1 amide bonds. The second-order valence-corrected chi connectivity index (χ2v) is 5.78. The fourth-order valence-corrected chi connectivity index (χ4v) is 2.89. The fourth-order valence-electron chi connectivity index (χ4n) is 1.66. The molecule has 0 saturated heterocycles. The zero-order valence-corrected chi connectivity index (χ0v) is 11.3. The number of rotatable bonds is 5. The van der Waals surface area contributed by atoms with Crippen molar-refractivity contribution in [2.45, 2.75) is 11.4 Å². The van der Waals surface area contributed by atoms with Gasteiger partial charge in [0.25, 0.3) is 0 Å². The van der Waals surface area contributed by atoms with E-state index in [2.05, 4.69) is 9.71 Å². The van der Waals surface area contributed by atoms with E-state index in [9.17, 15) is 13.2 Å². The number of carbonyl (C=O) groups excluding carboxylic acids is 1. The predicted octanol–water partition coefficient (Wildman–Crippen LogP) is 0.659. The molecular formula is C13H13N3O3S. The van der Waals surface area contributed by atoms with Gasteiger partial charge in [0.05, 0.1) is 10.5 Å². The van der Waals surface area contributed by atoms with E-state index in [1.54, 1.807) is 30.6 Å². The maximum atomic E-state index is 12.2. The molecule has 0 spiro atoms. The van der Waals surface area contributed by atoms with E-state index in [1.165, 1.54) is 18.2 Å². The first-order valence-electron chi connectivity index (χ1n) is 5.78. The summed E-state index contributed by atoms with van der Waals surface area (Å²) in [7, 11) is -3.81. The van der Waals surface area contributed by atoms with Gasteiger partial charge in [0, 0.05) is 18.9 Å². The summed E-state index contributed by atoms with van der Waals surface area (Å²) in [5.74, 6) is -0.785. The van der Waals surface area contributed by atoms with E-state index in [0.717, 1.165) is 0 Å². The summed E-state index contributed by atoms with van der Waals surface area (Å²) < 4.78 is 26.8. The highest BCUT2D eigenvalue weighted by Gasteiger charge is 2.20. The summed E-state index contributed by atoms with van der Waals surface area (Å²) in [6.45, 7) is 0.0866. The Morgan fingerprint density at radius 1 is 1.20 bits per heavy atom. The second kappa shape index (κ2) is 5.81. The summed E-state index contributed by atoms with van der Waals surface area (Å²) in [5.41, 5.74) is 5.86. The molecule has 20 heavy (non-hydrogen) atoms. The summed E-state index contributed by atoms with van der Waals surface area (Å²) in [6.07, 6.45) is 3.16. The maximum Gasteiger partial charge on any atom is 0.250 e. The molecule has 7 heteroatoms. The molecule has 3 N–H and O–H groups in total. The molecule has 104 valence electrons. The number of primary amides is 1. The first-order valence-corrected chi connectivity index (χ1v) is 7.26. The number of pyridine rings is 1. The highest BCUT2D eigenvalue weighted by Crippen LogP contribution is 2.15. The zero-order valence-electron chi connectivity index (χ0n) is 10.5. The van der Waals surface area contributed by atoms with Crippen LogP contribution in [0.5, 0.6) is 0 Å². The molecule has 1 aromatic heterocycles. The van der Waals surface area contributed by atoms with Gasteiger partial charge in [-0.05, 0) is 23.8 Å². The lowest BCUT2D eigenvalue weighted by molar-refractivity contribution is 0.0997. The molecular weight excluding hydrogens is 278 g/mol. The zero-order chi connectivity index (χ0) is 14.6. The Morgan fingerprint density at radius 3 is 2.60 bits per heavy atom. The van der Waals surface area contributed by atoms with Gasteiger partial charge < -0.3 is 5.73 Å². The van der Waals surface area contributed by atoms with E-state index in [0.29, 0.717) is 5.56 Å². The Kier molecular flexibility index (Phi) is 4.11. The SMILES string of the molecule is NC(=O)c1ccccc1S(=O)(=O)NCc1cccnc1. The van der Waals surface area contributed by atoms with Crippen molar-refractivity contribution in [1.82, 2.24) is 9.71 Å². The predicted molar refractivity (Wildman–Crippen MR) is 73.2 cm³/mol. The number of nitrogens with zero attached hydrogens (tertiary/aromatic N) is 1. The lowest BCUT2D eigenvalue weighted by Gasteiger charge is -2.09. The Labute approximate surface area is 116 Å². The molecule has 0 saturated carbocycles. The number of sulfonamides is 1. The van der Waals surface area contributed by atoms with Crippen molar-refractivity contribution in [3.8, 4) is 0 Å². The first kappa shape index (κ1) is 14.2. The van der Waals surface area contributed by atoms with Crippen LogP contribution in [-0.4, -0.2) is 19.3 Å². The van der Waals surface area contributed by atoms with Crippen LogP contribution in [0.3, 0.4) is 0 Å². The second-order valence-electron chi connectivity index (χ2n) is 4.05. The van der Waals surface area contributed by atoms with Crippen LogP contribution in [0.4, 0.5) is 0 Å². The lowest BCUT2D eigenvalue weighted by atomic mass is 10.2. The number of amides is 1. The van der Waals surface area contributed by atoms with Gasteiger partial charge in [-0.3, -0.25) is 9.78 Å². The van der Waals surface area contributed by atoms with E-state index in [1.807, 2.05) is 0 Å². The quantitative estimate of drug-likeness (QED) is 0.844. The van der Waals surface area contributed by atoms with Gasteiger partial charge in [0.2, 0.25) is 15.9 Å². The topological polar surface area (TPSA) is 102 Å². The number of hydrogen-bond acceptors (Lipinski definition) is 4. The highest BCUT2D eigenvalue weighted by molar-refractivity contribution is 7.89. The average Bonchev–Trinajstić information content (AvgIpc) is 2.46. The van der Waals surface area contributed by atoms with Crippen LogP contribution in [0, 0.1) is 0 Å². The standard InChI is InChI=1S/C13H13N3O3S/c14-13(17)11-5-1-2-6-12(11)20(18,19)16-9-10-4-3-7-15-8-10/h1-8,16H,9H2,(H2,14,17). The average molecular weight is 291 g/mol. The normalized spacial score (nSPS) is 11.2. The first-order chi connectivity index (χ1) is 9.50. The van der Waals surface area contributed by atoms with Gasteiger partial charge in [-0.15, -0.1) is 0 Å². The van der Waals surface area contributed by atoms with Crippen molar-refractivity contribution in [1.29, 1.82) is 0 Å². The van der Waals surface area contributed by atoms with Gasteiger partial charge in [0.15, 0.2) is 0 Å². The Bertz CT molecular complexity index is 715. The summed E-state index contributed by atoms with van der Waals surface area (Å²) >= 11 is 0. The van der Waals surface area contributed by atoms with E-state index in [-0.39, 0.29) is 17.0 Å². The Hall–Kier alpha value is -2.25. The summed E-state index contributed by atoms with van der Waals surface area (Å²) in [6, 6.07) is 9.26. The molecule has 2 aromatic rings. The molecule has 0 aliphatic rings. The molecule has 0 unspecified atom stereocenters. The highest BCUT2D eigenvalue weighted by atomic mass is 32.2. The van der Waals surface area contributed by atoms with Crippen molar-refractivity contribution in [2.24, 2.45) is 5.73 Å². The molecule has 0 aliphatic carbocycles. The maximum absolute atomic E-state index is 12.2. The monoisotopic (exact) mass is 291 g/mol. The number of aromatic nitrogens is 1. The van der Waals surface area contributed by atoms with Crippen LogP contribution in [0.15, 0.2) is 53.7 Å². The van der Waals surface area contributed by atoms with Crippen LogP contribution in [0.1, 0.15) is 15.9 Å². The molecule has 0 fully saturated rings. The molecule has 1 heterocycles. The van der Waals surface area contributed by atoms with E-state index in [4.69, 9.17) is 5.73 Å². The summed E-state index contributed by atoms with van der Waals surface area (Å²) in [4.78, 5) is 15.0. The van der Waals surface area contributed by atoms with E-state index >= 15 is 0 Å². The van der Waals surface area contributed by atoms with Crippen molar-refractivity contribution in [2.75, 3.05) is 0 Å². The number of carbonyl (C=O) groups is 1. The third-order valence-electron chi connectivity index (χ3n) is 2.63. The molecule has 0 bridgehead atoms. The molecule has 0 radical (unpaired) electrons. The number of hydrogen-bond donors (Lipinski definition) is 2. The van der Waals surface area contributed by atoms with Crippen molar-refractivity contribution < 1.29 is 13.2 Å². The van der Waals surface area contributed by atoms with E-state index < -0.39 is 15.9 Å². The molecule has 6 nitrogen and oxygen atoms in total. The van der Waals surface area contributed by atoms with Crippen LogP contribution in [0.2, 0.25) is 0 Å². The minimum atomic E-state index is -3.81. The Morgan fingerprint density at radius 2 is 1.95 bits per heavy atom. The van der Waals surface area contributed by atoms with Crippen LogP contribution in [0.25, 0.3) is 0 Å². The fraction of sp³-hybridized carbons (Fsp3) is 0.0769. The van der Waals surface area contributed by atoms with Gasteiger partial charge >= 0.3 is 0 Å². The molecule has 0 atom stereocenters. The van der Waals surface area contributed by atoms with Crippen LogP contribution >= 0.6 is 0 Å². The number of nitrogens with one attached hydrogen (secondary N) is 1. The third-order valence-corrected chi connectivity index (χ3v) is 4.09.